The molecule has 0 aliphatic heterocycles. The molecule has 114 valence electrons. The Hall–Kier alpha value is -1.27. The second kappa shape index (κ2) is 7.50. The van der Waals surface area contributed by atoms with E-state index in [1.54, 1.807) is 12.1 Å². The van der Waals surface area contributed by atoms with Gasteiger partial charge >= 0.3 is 6.36 Å². The van der Waals surface area contributed by atoms with Crippen LogP contribution in [0.1, 0.15) is 44.7 Å². The molecule has 0 heterocycles. The second-order valence-electron chi connectivity index (χ2n) is 5.16. The van der Waals surface area contributed by atoms with E-state index in [0.29, 0.717) is 5.92 Å². The van der Waals surface area contributed by atoms with Gasteiger partial charge in [0.25, 0.3) is 0 Å². The lowest BCUT2D eigenvalue weighted by molar-refractivity contribution is -0.274. The van der Waals surface area contributed by atoms with Crippen molar-refractivity contribution in [3.05, 3.63) is 29.8 Å². The Bertz CT molecular complexity index is 390. The van der Waals surface area contributed by atoms with Gasteiger partial charge in [-0.2, -0.15) is 0 Å². The van der Waals surface area contributed by atoms with Crippen molar-refractivity contribution in [3.63, 3.8) is 0 Å². The summed E-state index contributed by atoms with van der Waals surface area (Å²) in [5.74, 6) is 5.90. The molecule has 6 heteroatoms. The molecule has 0 saturated heterocycles. The molecule has 0 aromatic heterocycles. The van der Waals surface area contributed by atoms with Crippen LogP contribution in [-0.4, -0.2) is 6.36 Å². The summed E-state index contributed by atoms with van der Waals surface area (Å²) in [5, 5.41) is 0. The summed E-state index contributed by atoms with van der Waals surface area (Å²) < 4.78 is 40.0. The average Bonchev–Trinajstić information content (AvgIpc) is 2.34. The van der Waals surface area contributed by atoms with Crippen LogP contribution in [0.4, 0.5) is 13.2 Å². The monoisotopic (exact) mass is 290 g/mol. The molecule has 0 spiro atoms. The fourth-order valence-corrected chi connectivity index (χ4v) is 1.98. The number of nitrogens with one attached hydrogen (secondary N) is 1. The van der Waals surface area contributed by atoms with Crippen LogP contribution in [0.3, 0.4) is 0 Å². The standard InChI is InChI=1S/C14H21F3N2O/c1-10(2)4-3-5-13(19-18)11-6-8-12(9-7-11)20-14(15,16)17/h6-10,13,19H,3-5,18H2,1-2H3. The average molecular weight is 290 g/mol. The van der Waals surface area contributed by atoms with Gasteiger partial charge in [-0.1, -0.05) is 38.8 Å². The lowest BCUT2D eigenvalue weighted by Crippen LogP contribution is -2.28. The summed E-state index contributed by atoms with van der Waals surface area (Å²) in [6.45, 7) is 4.29. The predicted octanol–water partition coefficient (Wildman–Crippen LogP) is 3.92. The lowest BCUT2D eigenvalue weighted by Gasteiger charge is -2.17. The lowest BCUT2D eigenvalue weighted by atomic mass is 9.98. The van der Waals surface area contributed by atoms with Crippen molar-refractivity contribution < 1.29 is 17.9 Å². The summed E-state index contributed by atoms with van der Waals surface area (Å²) in [5.41, 5.74) is 3.55. The van der Waals surface area contributed by atoms with Gasteiger partial charge in [-0.15, -0.1) is 13.2 Å². The third-order valence-electron chi connectivity index (χ3n) is 2.99. The molecule has 0 fully saturated rings. The first-order valence-electron chi connectivity index (χ1n) is 6.63. The summed E-state index contributed by atoms with van der Waals surface area (Å²) in [6, 6.07) is 5.74. The number of hydrogen-bond donors (Lipinski definition) is 2. The molecule has 0 saturated carbocycles. The van der Waals surface area contributed by atoms with Gasteiger partial charge in [-0.05, 0) is 30.0 Å². The maximum atomic E-state index is 12.1. The van der Waals surface area contributed by atoms with Crippen LogP contribution in [0.25, 0.3) is 0 Å². The van der Waals surface area contributed by atoms with Crippen molar-refractivity contribution in [1.82, 2.24) is 5.43 Å². The summed E-state index contributed by atoms with van der Waals surface area (Å²) in [6.07, 6.45) is -1.72. The molecule has 0 aliphatic rings. The maximum Gasteiger partial charge on any atom is 0.573 e. The quantitative estimate of drug-likeness (QED) is 0.591. The van der Waals surface area contributed by atoms with Crippen molar-refractivity contribution >= 4 is 0 Å². The zero-order chi connectivity index (χ0) is 15.2. The highest BCUT2D eigenvalue weighted by Gasteiger charge is 2.31. The van der Waals surface area contributed by atoms with Gasteiger partial charge in [-0.3, -0.25) is 11.3 Å². The number of hydrazine groups is 1. The Morgan fingerprint density at radius 3 is 2.20 bits per heavy atom. The molecule has 0 bridgehead atoms. The first kappa shape index (κ1) is 16.8. The molecule has 0 radical (unpaired) electrons. The normalized spacial score (nSPS) is 13.6. The van der Waals surface area contributed by atoms with Crippen LogP contribution >= 0.6 is 0 Å². The van der Waals surface area contributed by atoms with Crippen molar-refractivity contribution in [2.75, 3.05) is 0 Å². The summed E-state index contributed by atoms with van der Waals surface area (Å²) in [7, 11) is 0. The van der Waals surface area contributed by atoms with E-state index in [2.05, 4.69) is 24.0 Å². The van der Waals surface area contributed by atoms with Crippen LogP contribution in [0, 0.1) is 5.92 Å². The second-order valence-corrected chi connectivity index (χ2v) is 5.16. The number of rotatable bonds is 7. The van der Waals surface area contributed by atoms with E-state index in [-0.39, 0.29) is 11.8 Å². The van der Waals surface area contributed by atoms with Crippen LogP contribution in [0.15, 0.2) is 24.3 Å². The van der Waals surface area contributed by atoms with Crippen LogP contribution < -0.4 is 16.0 Å². The van der Waals surface area contributed by atoms with Gasteiger partial charge in [0.2, 0.25) is 0 Å². The summed E-state index contributed by atoms with van der Waals surface area (Å²) in [4.78, 5) is 0. The third kappa shape index (κ3) is 6.25. The smallest absolute Gasteiger partial charge is 0.406 e. The first-order chi connectivity index (χ1) is 9.31. The Balaban J connectivity index is 2.60. The van der Waals surface area contributed by atoms with E-state index in [9.17, 15) is 13.2 Å². The van der Waals surface area contributed by atoms with Gasteiger partial charge < -0.3 is 4.74 Å². The molecular weight excluding hydrogens is 269 g/mol. The molecular formula is C14H21F3N2O. The number of nitrogens with two attached hydrogens (primary N) is 1. The zero-order valence-electron chi connectivity index (χ0n) is 11.7. The van der Waals surface area contributed by atoms with Crippen LogP contribution in [-0.2, 0) is 0 Å². The van der Waals surface area contributed by atoms with Gasteiger partial charge in [0.1, 0.15) is 5.75 Å². The predicted molar refractivity (Wildman–Crippen MR) is 71.9 cm³/mol. The number of ether oxygens (including phenoxy) is 1. The molecule has 1 atom stereocenters. The highest BCUT2D eigenvalue weighted by atomic mass is 19.4. The van der Waals surface area contributed by atoms with Gasteiger partial charge in [-0.25, -0.2) is 0 Å². The minimum absolute atomic E-state index is 0.0614. The SMILES string of the molecule is CC(C)CCCC(NN)c1ccc(OC(F)(F)F)cc1. The number of benzene rings is 1. The fourth-order valence-electron chi connectivity index (χ4n) is 1.98. The molecule has 1 aromatic carbocycles. The molecule has 20 heavy (non-hydrogen) atoms. The van der Waals surface area contributed by atoms with Crippen LogP contribution in [0.5, 0.6) is 5.75 Å². The number of alkyl halides is 3. The van der Waals surface area contributed by atoms with E-state index >= 15 is 0 Å². The third-order valence-corrected chi connectivity index (χ3v) is 2.99. The number of halogens is 3. The van der Waals surface area contributed by atoms with E-state index in [1.165, 1.54) is 12.1 Å². The highest BCUT2D eigenvalue weighted by molar-refractivity contribution is 5.29. The van der Waals surface area contributed by atoms with Crippen molar-refractivity contribution in [3.8, 4) is 5.75 Å². The molecule has 0 amide bonds. The fraction of sp³-hybridized carbons (Fsp3) is 0.571. The Labute approximate surface area is 117 Å². The van der Waals surface area contributed by atoms with E-state index in [1.807, 2.05) is 0 Å². The molecule has 0 aliphatic carbocycles. The Morgan fingerprint density at radius 2 is 1.75 bits per heavy atom. The summed E-state index contributed by atoms with van der Waals surface area (Å²) >= 11 is 0. The topological polar surface area (TPSA) is 47.3 Å². The first-order valence-corrected chi connectivity index (χ1v) is 6.63. The van der Waals surface area contributed by atoms with E-state index < -0.39 is 6.36 Å². The van der Waals surface area contributed by atoms with E-state index in [4.69, 9.17) is 5.84 Å². The minimum atomic E-state index is -4.66. The van der Waals surface area contributed by atoms with Gasteiger partial charge in [0.05, 0.1) is 0 Å². The van der Waals surface area contributed by atoms with Gasteiger partial charge in [0, 0.05) is 6.04 Å². The van der Waals surface area contributed by atoms with Gasteiger partial charge in [0.15, 0.2) is 0 Å². The van der Waals surface area contributed by atoms with Crippen molar-refractivity contribution in [2.45, 2.75) is 45.5 Å². The minimum Gasteiger partial charge on any atom is -0.406 e. The molecule has 1 rings (SSSR count). The zero-order valence-corrected chi connectivity index (χ0v) is 11.7. The maximum absolute atomic E-state index is 12.1. The molecule has 3 N–H and O–H groups in total. The number of hydrogen-bond acceptors (Lipinski definition) is 3. The van der Waals surface area contributed by atoms with Crippen molar-refractivity contribution in [1.29, 1.82) is 0 Å². The molecule has 1 unspecified atom stereocenters. The molecule has 3 nitrogen and oxygen atoms in total. The molecule has 1 aromatic rings. The largest absolute Gasteiger partial charge is 0.573 e. The van der Waals surface area contributed by atoms with Crippen molar-refractivity contribution in [2.24, 2.45) is 11.8 Å². The Kier molecular flexibility index (Phi) is 6.29. The van der Waals surface area contributed by atoms with Crippen LogP contribution in [0.2, 0.25) is 0 Å². The Morgan fingerprint density at radius 1 is 1.15 bits per heavy atom. The highest BCUT2D eigenvalue weighted by Crippen LogP contribution is 2.26. The van der Waals surface area contributed by atoms with E-state index in [0.717, 1.165) is 24.8 Å².